The van der Waals surface area contributed by atoms with Gasteiger partial charge in [0.25, 0.3) is 0 Å². The van der Waals surface area contributed by atoms with Crippen molar-refractivity contribution in [1.82, 2.24) is 0 Å². The average molecular weight is 438 g/mol. The zero-order valence-electron chi connectivity index (χ0n) is 13.9. The second kappa shape index (κ2) is 6.41. The molecule has 0 bridgehead atoms. The molecule has 27 heavy (non-hydrogen) atoms. The number of carbonyl (C=O) groups is 1. The Labute approximate surface area is 162 Å². The van der Waals surface area contributed by atoms with Crippen LogP contribution >= 0.6 is 15.9 Å². The predicted octanol–water partition coefficient (Wildman–Crippen LogP) is 5.99. The molecular formula is C20H15BrF3NO2. The molecule has 7 heteroatoms. The van der Waals surface area contributed by atoms with Gasteiger partial charge in [0.2, 0.25) is 0 Å². The van der Waals surface area contributed by atoms with Crippen molar-refractivity contribution in [3.63, 3.8) is 0 Å². The summed E-state index contributed by atoms with van der Waals surface area (Å²) in [6.45, 7) is 0. The van der Waals surface area contributed by atoms with Crippen LogP contribution in [0.3, 0.4) is 0 Å². The number of nitrogens with one attached hydrogen (secondary N) is 1. The summed E-state index contributed by atoms with van der Waals surface area (Å²) < 4.78 is 41.3. The number of hydrogen-bond acceptors (Lipinski definition) is 2. The fourth-order valence-electron chi connectivity index (χ4n) is 4.17. The number of allylic oxidation sites excluding steroid dienone is 2. The predicted molar refractivity (Wildman–Crippen MR) is 98.9 cm³/mol. The largest absolute Gasteiger partial charge is 0.478 e. The first-order valence-electron chi connectivity index (χ1n) is 8.43. The van der Waals surface area contributed by atoms with Crippen LogP contribution in [0.5, 0.6) is 0 Å². The highest BCUT2D eigenvalue weighted by molar-refractivity contribution is 9.10. The molecule has 3 atom stereocenters. The van der Waals surface area contributed by atoms with Crippen LogP contribution < -0.4 is 5.32 Å². The molecule has 0 fully saturated rings. The molecule has 1 aliphatic carbocycles. The van der Waals surface area contributed by atoms with Gasteiger partial charge in [-0.3, -0.25) is 0 Å². The first-order chi connectivity index (χ1) is 12.8. The van der Waals surface area contributed by atoms with E-state index >= 15 is 0 Å². The minimum atomic E-state index is -4.48. The Morgan fingerprint density at radius 3 is 2.63 bits per heavy atom. The summed E-state index contributed by atoms with van der Waals surface area (Å²) in [5, 5.41) is 12.7. The van der Waals surface area contributed by atoms with E-state index < -0.39 is 23.8 Å². The highest BCUT2D eigenvalue weighted by Crippen LogP contribution is 2.52. The molecule has 2 aromatic carbocycles. The highest BCUT2D eigenvalue weighted by atomic mass is 79.9. The fourth-order valence-corrected chi connectivity index (χ4v) is 4.64. The Bertz CT molecular complexity index is 955. The highest BCUT2D eigenvalue weighted by Gasteiger charge is 2.43. The van der Waals surface area contributed by atoms with E-state index in [-0.39, 0.29) is 23.0 Å². The molecule has 140 valence electrons. The lowest BCUT2D eigenvalue weighted by Crippen LogP contribution is -2.32. The Hall–Kier alpha value is -2.28. The van der Waals surface area contributed by atoms with Crippen molar-refractivity contribution in [2.45, 2.75) is 24.6 Å². The Kier molecular flexibility index (Phi) is 4.29. The van der Waals surface area contributed by atoms with Gasteiger partial charge < -0.3 is 10.4 Å². The van der Waals surface area contributed by atoms with Gasteiger partial charge in [0.1, 0.15) is 0 Å². The Morgan fingerprint density at radius 2 is 1.93 bits per heavy atom. The van der Waals surface area contributed by atoms with Crippen LogP contribution in [0.15, 0.2) is 53.0 Å². The second-order valence-electron chi connectivity index (χ2n) is 6.78. The van der Waals surface area contributed by atoms with Crippen molar-refractivity contribution in [3.05, 3.63) is 75.3 Å². The summed E-state index contributed by atoms with van der Waals surface area (Å²) >= 11 is 3.34. The van der Waals surface area contributed by atoms with Gasteiger partial charge >= 0.3 is 12.1 Å². The van der Waals surface area contributed by atoms with Crippen molar-refractivity contribution in [2.24, 2.45) is 5.92 Å². The lowest BCUT2D eigenvalue weighted by atomic mass is 9.75. The summed E-state index contributed by atoms with van der Waals surface area (Å²) in [5.74, 6) is -1.37. The summed E-state index contributed by atoms with van der Waals surface area (Å²) in [4.78, 5) is 11.7. The number of carboxylic acids is 1. The molecule has 0 radical (unpaired) electrons. The first-order valence-corrected chi connectivity index (χ1v) is 9.22. The molecule has 3 nitrogen and oxygen atoms in total. The molecular weight excluding hydrogens is 423 g/mol. The minimum absolute atomic E-state index is 0.0487. The third kappa shape index (κ3) is 3.04. The van der Waals surface area contributed by atoms with E-state index in [0.29, 0.717) is 16.6 Å². The number of carboxylic acid groups (broad SMARTS) is 1. The number of alkyl halides is 3. The van der Waals surface area contributed by atoms with Crippen LogP contribution in [0.2, 0.25) is 0 Å². The van der Waals surface area contributed by atoms with E-state index in [2.05, 4.69) is 21.2 Å². The van der Waals surface area contributed by atoms with Crippen LogP contribution in [-0.2, 0) is 6.18 Å². The van der Waals surface area contributed by atoms with Crippen LogP contribution in [0.1, 0.15) is 45.4 Å². The van der Waals surface area contributed by atoms with Crippen molar-refractivity contribution < 1.29 is 23.1 Å². The fraction of sp³-hybridized carbons (Fsp3) is 0.250. The van der Waals surface area contributed by atoms with Gasteiger partial charge in [0.05, 0.1) is 22.9 Å². The minimum Gasteiger partial charge on any atom is -0.478 e. The molecule has 0 saturated heterocycles. The number of rotatable bonds is 2. The van der Waals surface area contributed by atoms with Crippen LogP contribution in [-0.4, -0.2) is 11.1 Å². The van der Waals surface area contributed by atoms with Gasteiger partial charge in [0.15, 0.2) is 0 Å². The normalized spacial score (nSPS) is 23.5. The maximum Gasteiger partial charge on any atom is 0.416 e. The summed E-state index contributed by atoms with van der Waals surface area (Å²) in [6.07, 6.45) is 0.0700. The van der Waals surface area contributed by atoms with E-state index in [4.69, 9.17) is 0 Å². The third-order valence-electron chi connectivity index (χ3n) is 5.27. The standard InChI is InChI=1S/C20H15BrF3NO2/c21-10-8-14-11-5-3-6-12(11)17(25-18(14)15(9-10)19(26)27)13-4-1-2-7-16(13)20(22,23)24/h1-5,7-9,11-12,17,25H,6H2,(H,26,27)/t11-,12-,17+/m0/s1. The van der Waals surface area contributed by atoms with Crippen LogP contribution in [0.25, 0.3) is 0 Å². The molecule has 0 aromatic heterocycles. The smallest absolute Gasteiger partial charge is 0.416 e. The number of benzene rings is 2. The van der Waals surface area contributed by atoms with Crippen molar-refractivity contribution in [1.29, 1.82) is 0 Å². The van der Waals surface area contributed by atoms with Gasteiger partial charge in [-0.2, -0.15) is 13.2 Å². The molecule has 0 spiro atoms. The number of anilines is 1. The van der Waals surface area contributed by atoms with E-state index in [1.54, 1.807) is 6.07 Å². The lowest BCUT2D eigenvalue weighted by Gasteiger charge is -2.39. The van der Waals surface area contributed by atoms with E-state index in [1.165, 1.54) is 18.2 Å². The summed E-state index contributed by atoms with van der Waals surface area (Å²) in [7, 11) is 0. The van der Waals surface area contributed by atoms with Crippen molar-refractivity contribution in [3.8, 4) is 0 Å². The van der Waals surface area contributed by atoms with Gasteiger partial charge in [-0.25, -0.2) is 4.79 Å². The third-order valence-corrected chi connectivity index (χ3v) is 5.72. The van der Waals surface area contributed by atoms with Crippen molar-refractivity contribution >= 4 is 27.6 Å². The maximum atomic E-state index is 13.6. The topological polar surface area (TPSA) is 49.3 Å². The zero-order chi connectivity index (χ0) is 19.3. The average Bonchev–Trinajstić information content (AvgIpc) is 3.10. The van der Waals surface area contributed by atoms with E-state index in [0.717, 1.165) is 11.6 Å². The van der Waals surface area contributed by atoms with Gasteiger partial charge in [-0.15, -0.1) is 0 Å². The molecule has 0 saturated carbocycles. The van der Waals surface area contributed by atoms with Gasteiger partial charge in [0, 0.05) is 10.4 Å². The van der Waals surface area contributed by atoms with Crippen molar-refractivity contribution in [2.75, 3.05) is 5.32 Å². The SMILES string of the molecule is O=C(O)c1cc(Br)cc2c1N[C@@H](c1ccccc1C(F)(F)F)[C@H]1CC=C[C@H]21. The Morgan fingerprint density at radius 1 is 1.19 bits per heavy atom. The number of halogens is 4. The lowest BCUT2D eigenvalue weighted by molar-refractivity contribution is -0.138. The Balaban J connectivity index is 1.90. The van der Waals surface area contributed by atoms with Crippen LogP contribution in [0, 0.1) is 5.92 Å². The number of aromatic carboxylic acids is 1. The molecule has 0 amide bonds. The number of hydrogen-bond donors (Lipinski definition) is 2. The zero-order valence-corrected chi connectivity index (χ0v) is 15.5. The van der Waals surface area contributed by atoms with Gasteiger partial charge in [-0.1, -0.05) is 46.3 Å². The van der Waals surface area contributed by atoms with Crippen LogP contribution in [0.4, 0.5) is 18.9 Å². The quantitative estimate of drug-likeness (QED) is 0.567. The molecule has 1 aliphatic heterocycles. The monoisotopic (exact) mass is 437 g/mol. The molecule has 4 rings (SSSR count). The molecule has 1 heterocycles. The molecule has 2 aliphatic rings. The summed E-state index contributed by atoms with van der Waals surface area (Å²) in [6, 6.07) is 8.18. The summed E-state index contributed by atoms with van der Waals surface area (Å²) in [5.41, 5.74) is 0.688. The first kappa shape index (κ1) is 18.1. The molecule has 2 aromatic rings. The van der Waals surface area contributed by atoms with Gasteiger partial charge in [-0.05, 0) is 41.7 Å². The van der Waals surface area contributed by atoms with E-state index in [9.17, 15) is 23.1 Å². The molecule has 0 unspecified atom stereocenters. The second-order valence-corrected chi connectivity index (χ2v) is 7.70. The number of fused-ring (bicyclic) bond motifs is 3. The molecule has 2 N–H and O–H groups in total. The van der Waals surface area contributed by atoms with E-state index in [1.807, 2.05) is 18.2 Å². The maximum absolute atomic E-state index is 13.6.